The molecule has 2 rings (SSSR count). The maximum atomic E-state index is 11.6. The Morgan fingerprint density at radius 2 is 2.12 bits per heavy atom. The second kappa shape index (κ2) is 4.97. The third-order valence-corrected chi connectivity index (χ3v) is 2.59. The Kier molecular flexibility index (Phi) is 3.39. The summed E-state index contributed by atoms with van der Waals surface area (Å²) in [5.74, 6) is -0.635. The van der Waals surface area contributed by atoms with Gasteiger partial charge in [-0.3, -0.25) is 9.63 Å². The molecule has 1 aliphatic rings. The van der Waals surface area contributed by atoms with Crippen LogP contribution >= 0.6 is 0 Å². The number of hydroxylamine groups is 2. The first-order chi connectivity index (χ1) is 8.22. The van der Waals surface area contributed by atoms with E-state index in [0.29, 0.717) is 0 Å². The molecule has 0 saturated carbocycles. The molecule has 0 aliphatic carbocycles. The van der Waals surface area contributed by atoms with Gasteiger partial charge in [0.1, 0.15) is 6.61 Å². The highest BCUT2D eigenvalue weighted by Gasteiger charge is 2.43. The van der Waals surface area contributed by atoms with Crippen molar-refractivity contribution < 1.29 is 19.2 Å². The lowest BCUT2D eigenvalue weighted by Gasteiger charge is -2.35. The van der Waals surface area contributed by atoms with Gasteiger partial charge in [0, 0.05) is 0 Å². The predicted octanol–water partition coefficient (Wildman–Crippen LogP) is 0.892. The van der Waals surface area contributed by atoms with Crippen LogP contribution in [-0.2, 0) is 25.8 Å². The zero-order chi connectivity index (χ0) is 12.3. The lowest BCUT2D eigenvalue weighted by molar-refractivity contribution is -0.222. The lowest BCUT2D eigenvalue weighted by atomic mass is 10.1. The lowest BCUT2D eigenvalue weighted by Crippen LogP contribution is -2.56. The maximum absolute atomic E-state index is 11.6. The van der Waals surface area contributed by atoms with E-state index in [1.165, 1.54) is 7.11 Å². The molecule has 0 radical (unpaired) electrons. The van der Waals surface area contributed by atoms with Crippen LogP contribution in [0.1, 0.15) is 12.0 Å². The summed E-state index contributed by atoms with van der Waals surface area (Å²) in [6, 6.07) is 8.77. The van der Waals surface area contributed by atoms with Crippen molar-refractivity contribution in [2.24, 2.45) is 0 Å². The summed E-state index contributed by atoms with van der Waals surface area (Å²) in [6.07, 6.45) is 0.154. The quantitative estimate of drug-likeness (QED) is 0.574. The van der Waals surface area contributed by atoms with E-state index in [0.717, 1.165) is 10.6 Å². The number of ether oxygens (including phenoxy) is 1. The number of amides is 1. The number of esters is 1. The minimum absolute atomic E-state index is 0.154. The molecular formula is C12H13NO4. The summed E-state index contributed by atoms with van der Waals surface area (Å²) >= 11 is 0. The molecule has 0 spiro atoms. The highest BCUT2D eigenvalue weighted by molar-refractivity contribution is 5.94. The second-order valence-corrected chi connectivity index (χ2v) is 3.72. The Balaban J connectivity index is 1.84. The maximum Gasteiger partial charge on any atom is 0.332 e. The largest absolute Gasteiger partial charge is 0.459 e. The molecule has 1 aromatic carbocycles. The topological polar surface area (TPSA) is 55.8 Å². The van der Waals surface area contributed by atoms with Gasteiger partial charge in [0.15, 0.2) is 6.04 Å². The van der Waals surface area contributed by atoms with Crippen LogP contribution in [0.3, 0.4) is 0 Å². The third kappa shape index (κ3) is 2.45. The van der Waals surface area contributed by atoms with Crippen molar-refractivity contribution in [3.63, 3.8) is 0 Å². The highest BCUT2D eigenvalue weighted by atomic mass is 16.7. The van der Waals surface area contributed by atoms with Gasteiger partial charge < -0.3 is 4.74 Å². The molecule has 0 unspecified atom stereocenters. The summed E-state index contributed by atoms with van der Waals surface area (Å²) in [4.78, 5) is 27.4. The van der Waals surface area contributed by atoms with Crippen molar-refractivity contribution >= 4 is 11.9 Å². The van der Waals surface area contributed by atoms with Crippen LogP contribution in [0.4, 0.5) is 0 Å². The molecule has 1 heterocycles. The number of hydrogen-bond acceptors (Lipinski definition) is 4. The van der Waals surface area contributed by atoms with Gasteiger partial charge in [0.05, 0.1) is 13.5 Å². The molecule has 1 fully saturated rings. The van der Waals surface area contributed by atoms with Gasteiger partial charge in [0.2, 0.25) is 5.91 Å². The molecule has 0 N–H and O–H groups in total. The molecule has 1 aliphatic heterocycles. The van der Waals surface area contributed by atoms with E-state index in [9.17, 15) is 9.59 Å². The fraction of sp³-hybridized carbons (Fsp3) is 0.333. The molecule has 90 valence electrons. The first-order valence-electron chi connectivity index (χ1n) is 5.29. The number of β-lactam (4-membered cyclic amide) rings is 1. The van der Waals surface area contributed by atoms with E-state index in [4.69, 9.17) is 9.57 Å². The minimum atomic E-state index is -0.601. The Morgan fingerprint density at radius 1 is 1.41 bits per heavy atom. The van der Waals surface area contributed by atoms with Gasteiger partial charge in [-0.05, 0) is 5.56 Å². The first-order valence-corrected chi connectivity index (χ1v) is 5.29. The fourth-order valence-corrected chi connectivity index (χ4v) is 1.63. The molecule has 1 atom stereocenters. The van der Waals surface area contributed by atoms with Gasteiger partial charge in [0.25, 0.3) is 0 Å². The summed E-state index contributed by atoms with van der Waals surface area (Å²) in [6.45, 7) is 0.210. The second-order valence-electron chi connectivity index (χ2n) is 3.72. The van der Waals surface area contributed by atoms with E-state index < -0.39 is 12.0 Å². The number of carbonyl (C=O) groups is 2. The average molecular weight is 235 g/mol. The summed E-state index contributed by atoms with van der Waals surface area (Å²) in [7, 11) is 1.36. The van der Waals surface area contributed by atoms with Crippen molar-refractivity contribution in [1.82, 2.24) is 5.06 Å². The molecule has 1 amide bonds. The normalized spacial score (nSPS) is 18.8. The molecule has 1 saturated heterocycles. The van der Waals surface area contributed by atoms with E-state index in [2.05, 4.69) is 0 Å². The fourth-order valence-electron chi connectivity index (χ4n) is 1.63. The van der Waals surface area contributed by atoms with Crippen molar-refractivity contribution in [2.45, 2.75) is 19.1 Å². The van der Waals surface area contributed by atoms with Crippen LogP contribution < -0.4 is 0 Å². The van der Waals surface area contributed by atoms with Crippen LogP contribution in [0.2, 0.25) is 0 Å². The van der Waals surface area contributed by atoms with Crippen LogP contribution in [0, 0.1) is 0 Å². The standard InChI is InChI=1S/C12H13NO4/c1-16-13-10(7-11(13)14)12(15)17-8-9-5-3-2-4-6-9/h2-6,10H,7-8H2,1H3/t10-/m1/s1. The number of rotatable bonds is 4. The zero-order valence-corrected chi connectivity index (χ0v) is 9.46. The van der Waals surface area contributed by atoms with Crippen LogP contribution in [-0.4, -0.2) is 30.1 Å². The van der Waals surface area contributed by atoms with E-state index >= 15 is 0 Å². The van der Waals surface area contributed by atoms with Gasteiger partial charge in [-0.15, -0.1) is 0 Å². The summed E-state index contributed by atoms with van der Waals surface area (Å²) < 4.78 is 5.10. The molecule has 5 heteroatoms. The van der Waals surface area contributed by atoms with Crippen molar-refractivity contribution in [2.75, 3.05) is 7.11 Å². The van der Waals surface area contributed by atoms with Crippen molar-refractivity contribution in [3.05, 3.63) is 35.9 Å². The van der Waals surface area contributed by atoms with E-state index in [-0.39, 0.29) is 18.9 Å². The minimum Gasteiger partial charge on any atom is -0.459 e. The molecule has 5 nitrogen and oxygen atoms in total. The zero-order valence-electron chi connectivity index (χ0n) is 9.46. The van der Waals surface area contributed by atoms with Gasteiger partial charge in [-0.1, -0.05) is 30.3 Å². The SMILES string of the molecule is CON1C(=O)C[C@@H]1C(=O)OCc1ccccc1. The summed E-state index contributed by atoms with van der Waals surface area (Å²) in [5.41, 5.74) is 0.912. The van der Waals surface area contributed by atoms with Gasteiger partial charge >= 0.3 is 5.97 Å². The molecule has 0 bridgehead atoms. The Bertz CT molecular complexity index is 418. The first kappa shape index (κ1) is 11.6. The Hall–Kier alpha value is -1.88. The Morgan fingerprint density at radius 3 is 2.71 bits per heavy atom. The molecule has 17 heavy (non-hydrogen) atoms. The van der Waals surface area contributed by atoms with Crippen LogP contribution in [0.25, 0.3) is 0 Å². The Labute approximate surface area is 98.9 Å². The molecule has 0 aromatic heterocycles. The van der Waals surface area contributed by atoms with Crippen LogP contribution in [0.5, 0.6) is 0 Å². The average Bonchev–Trinajstić information content (AvgIpc) is 2.35. The van der Waals surface area contributed by atoms with Crippen LogP contribution in [0.15, 0.2) is 30.3 Å². The van der Waals surface area contributed by atoms with Crippen molar-refractivity contribution in [3.8, 4) is 0 Å². The highest BCUT2D eigenvalue weighted by Crippen LogP contribution is 2.20. The number of nitrogens with zero attached hydrogens (tertiary/aromatic N) is 1. The monoisotopic (exact) mass is 235 g/mol. The van der Waals surface area contributed by atoms with E-state index in [1.807, 2.05) is 30.3 Å². The van der Waals surface area contributed by atoms with Gasteiger partial charge in [-0.25, -0.2) is 9.86 Å². The van der Waals surface area contributed by atoms with Crippen molar-refractivity contribution in [1.29, 1.82) is 0 Å². The predicted molar refractivity (Wildman–Crippen MR) is 58.5 cm³/mol. The third-order valence-electron chi connectivity index (χ3n) is 2.59. The molecular weight excluding hydrogens is 222 g/mol. The smallest absolute Gasteiger partial charge is 0.332 e. The van der Waals surface area contributed by atoms with Gasteiger partial charge in [-0.2, -0.15) is 0 Å². The number of carbonyl (C=O) groups excluding carboxylic acids is 2. The van der Waals surface area contributed by atoms with E-state index in [1.54, 1.807) is 0 Å². The summed E-state index contributed by atoms with van der Waals surface area (Å²) in [5, 5.41) is 1.04. The number of hydrogen-bond donors (Lipinski definition) is 0. The number of benzene rings is 1. The molecule has 1 aromatic rings.